The summed E-state index contributed by atoms with van der Waals surface area (Å²) in [4.78, 5) is 15.6. The lowest BCUT2D eigenvalue weighted by Gasteiger charge is -2.11. The molecular weight excluding hydrogens is 398 g/mol. The fraction of sp³-hybridized carbons (Fsp3) is 0.286. The Morgan fingerprint density at radius 2 is 1.83 bits per heavy atom. The summed E-state index contributed by atoms with van der Waals surface area (Å²) < 4.78 is 50.2. The molecule has 1 fully saturated rings. The molecule has 2 aromatic carbocycles. The Hall–Kier alpha value is -2.74. The van der Waals surface area contributed by atoms with Gasteiger partial charge in [0.05, 0.1) is 11.5 Å². The van der Waals surface area contributed by atoms with Crippen LogP contribution in [0.15, 0.2) is 42.5 Å². The lowest BCUT2D eigenvalue weighted by atomic mass is 10.0. The summed E-state index contributed by atoms with van der Waals surface area (Å²) in [5.74, 6) is -0.929. The molecule has 2 heterocycles. The van der Waals surface area contributed by atoms with Crippen LogP contribution in [0.3, 0.4) is 0 Å². The number of amides is 1. The summed E-state index contributed by atoms with van der Waals surface area (Å²) in [6.07, 6.45) is 0.892. The number of aryl methyl sites for hydroxylation is 1. The Labute approximate surface area is 167 Å². The van der Waals surface area contributed by atoms with Crippen LogP contribution in [0.4, 0.5) is 8.78 Å². The average molecular weight is 418 g/mol. The number of halogens is 2. The van der Waals surface area contributed by atoms with Crippen molar-refractivity contribution in [3.8, 4) is 11.3 Å². The van der Waals surface area contributed by atoms with Crippen molar-refractivity contribution in [1.82, 2.24) is 10.3 Å². The molecule has 3 aromatic rings. The molecule has 29 heavy (non-hydrogen) atoms. The quantitative estimate of drug-likeness (QED) is 0.667. The maximum Gasteiger partial charge on any atom is 0.220 e. The van der Waals surface area contributed by atoms with Crippen molar-refractivity contribution in [3.05, 3.63) is 59.7 Å². The zero-order valence-electron chi connectivity index (χ0n) is 15.5. The van der Waals surface area contributed by atoms with Crippen LogP contribution in [-0.2, 0) is 21.1 Å². The molecule has 0 saturated carbocycles. The summed E-state index contributed by atoms with van der Waals surface area (Å²) in [7, 11) is -3.07. The van der Waals surface area contributed by atoms with Crippen molar-refractivity contribution in [2.45, 2.75) is 25.3 Å². The lowest BCUT2D eigenvalue weighted by Crippen LogP contribution is -2.35. The Balaban J connectivity index is 1.58. The van der Waals surface area contributed by atoms with E-state index in [0.29, 0.717) is 23.9 Å². The van der Waals surface area contributed by atoms with E-state index in [2.05, 4.69) is 10.3 Å². The third kappa shape index (κ3) is 4.32. The smallest absolute Gasteiger partial charge is 0.220 e. The van der Waals surface area contributed by atoms with Crippen molar-refractivity contribution in [3.63, 3.8) is 0 Å². The zero-order valence-corrected chi connectivity index (χ0v) is 16.4. The summed E-state index contributed by atoms with van der Waals surface area (Å²) in [5.41, 5.74) is 2.94. The third-order valence-corrected chi connectivity index (χ3v) is 6.97. The normalized spacial score (nSPS) is 18.2. The van der Waals surface area contributed by atoms with Crippen LogP contribution in [0.5, 0.6) is 0 Å². The molecule has 1 atom stereocenters. The second kappa shape index (κ2) is 7.59. The minimum Gasteiger partial charge on any atom is -0.354 e. The highest BCUT2D eigenvalue weighted by Crippen LogP contribution is 2.32. The molecule has 1 saturated heterocycles. The average Bonchev–Trinajstić information content (AvgIpc) is 3.19. The molecule has 4 rings (SSSR count). The molecule has 0 radical (unpaired) electrons. The fourth-order valence-electron chi connectivity index (χ4n) is 3.79. The van der Waals surface area contributed by atoms with Crippen molar-refractivity contribution < 1.29 is 22.0 Å². The molecule has 152 valence electrons. The van der Waals surface area contributed by atoms with Gasteiger partial charge >= 0.3 is 0 Å². The van der Waals surface area contributed by atoms with Gasteiger partial charge in [0.2, 0.25) is 5.91 Å². The monoisotopic (exact) mass is 418 g/mol. The molecule has 1 amide bonds. The topological polar surface area (TPSA) is 79.0 Å². The highest BCUT2D eigenvalue weighted by atomic mass is 32.2. The van der Waals surface area contributed by atoms with Crippen LogP contribution < -0.4 is 5.32 Å². The van der Waals surface area contributed by atoms with E-state index in [4.69, 9.17) is 0 Å². The van der Waals surface area contributed by atoms with Gasteiger partial charge < -0.3 is 10.3 Å². The van der Waals surface area contributed by atoms with Gasteiger partial charge in [-0.05, 0) is 66.4 Å². The number of hydrogen-bond acceptors (Lipinski definition) is 3. The minimum absolute atomic E-state index is 0.0299. The van der Waals surface area contributed by atoms with Gasteiger partial charge in [0.15, 0.2) is 9.84 Å². The first-order valence-electron chi connectivity index (χ1n) is 9.36. The van der Waals surface area contributed by atoms with Crippen LogP contribution >= 0.6 is 0 Å². The molecule has 0 unspecified atom stereocenters. The number of aromatic nitrogens is 1. The Kier molecular flexibility index (Phi) is 5.12. The van der Waals surface area contributed by atoms with E-state index >= 15 is 0 Å². The highest BCUT2D eigenvalue weighted by molar-refractivity contribution is 7.91. The second-order valence-corrected chi connectivity index (χ2v) is 9.57. The molecule has 5 nitrogen and oxygen atoms in total. The molecule has 0 aliphatic carbocycles. The minimum atomic E-state index is -3.07. The van der Waals surface area contributed by atoms with Gasteiger partial charge in [-0.15, -0.1) is 0 Å². The van der Waals surface area contributed by atoms with E-state index in [0.717, 1.165) is 16.6 Å². The Morgan fingerprint density at radius 1 is 1.10 bits per heavy atom. The number of nitrogens with one attached hydrogen (secondary N) is 2. The number of benzene rings is 2. The van der Waals surface area contributed by atoms with Crippen molar-refractivity contribution in [2.24, 2.45) is 0 Å². The highest BCUT2D eigenvalue weighted by Gasteiger charge is 2.28. The lowest BCUT2D eigenvalue weighted by molar-refractivity contribution is -0.121. The van der Waals surface area contributed by atoms with Crippen LogP contribution in [-0.4, -0.2) is 36.9 Å². The predicted octanol–water partition coefficient (Wildman–Crippen LogP) is 3.35. The summed E-state index contributed by atoms with van der Waals surface area (Å²) in [5, 5.41) is 3.44. The van der Waals surface area contributed by atoms with Gasteiger partial charge in [-0.1, -0.05) is 0 Å². The third-order valence-electron chi connectivity index (χ3n) is 5.20. The molecule has 1 aliphatic heterocycles. The maximum atomic E-state index is 13.8. The maximum absolute atomic E-state index is 13.8. The number of sulfone groups is 1. The fourth-order valence-corrected chi connectivity index (χ4v) is 5.46. The van der Waals surface area contributed by atoms with Crippen molar-refractivity contribution in [2.75, 3.05) is 11.5 Å². The van der Waals surface area contributed by atoms with Crippen molar-refractivity contribution in [1.29, 1.82) is 0 Å². The molecule has 1 aromatic heterocycles. The number of fused-ring (bicyclic) bond motifs is 1. The first-order chi connectivity index (χ1) is 13.8. The zero-order chi connectivity index (χ0) is 20.6. The summed E-state index contributed by atoms with van der Waals surface area (Å²) in [6.45, 7) is 0. The number of carbonyl (C=O) groups excluding carboxylic acids is 1. The standard InChI is InChI=1S/C21H20F2N2O3S/c22-14-3-1-13(2-4-14)21-17(18-11-15(23)5-7-19(18)25-21)6-8-20(26)24-16-9-10-29(27,28)12-16/h1-5,7,11,16,25H,6,8-10,12H2,(H,24,26)/t16-/m0/s1. The van der Waals surface area contributed by atoms with Gasteiger partial charge in [0.25, 0.3) is 0 Å². The van der Waals surface area contributed by atoms with Gasteiger partial charge in [-0.2, -0.15) is 0 Å². The number of rotatable bonds is 5. The molecule has 1 aliphatic rings. The Morgan fingerprint density at radius 3 is 2.52 bits per heavy atom. The summed E-state index contributed by atoms with van der Waals surface area (Å²) in [6, 6.07) is 9.98. The van der Waals surface area contributed by atoms with Crippen LogP contribution in [0.2, 0.25) is 0 Å². The van der Waals surface area contributed by atoms with Gasteiger partial charge in [0, 0.05) is 29.1 Å². The summed E-state index contributed by atoms with van der Waals surface area (Å²) >= 11 is 0. The van der Waals surface area contributed by atoms with E-state index < -0.39 is 9.84 Å². The number of aromatic amines is 1. The van der Waals surface area contributed by atoms with Crippen LogP contribution in [0.1, 0.15) is 18.4 Å². The number of H-pyrrole nitrogens is 1. The van der Waals surface area contributed by atoms with Crippen LogP contribution in [0, 0.1) is 11.6 Å². The number of hydrogen-bond donors (Lipinski definition) is 2. The van der Waals surface area contributed by atoms with Gasteiger partial charge in [-0.25, -0.2) is 17.2 Å². The first kappa shape index (κ1) is 19.6. The molecule has 2 N–H and O–H groups in total. The van der Waals surface area contributed by atoms with E-state index in [1.54, 1.807) is 18.2 Å². The molecule has 8 heteroatoms. The van der Waals surface area contributed by atoms with Crippen molar-refractivity contribution >= 4 is 26.6 Å². The molecule has 0 bridgehead atoms. The Bertz CT molecular complexity index is 1170. The van der Waals surface area contributed by atoms with Gasteiger partial charge in [0.1, 0.15) is 11.6 Å². The van der Waals surface area contributed by atoms with E-state index in [9.17, 15) is 22.0 Å². The SMILES string of the molecule is O=C(CCc1c(-c2ccc(F)cc2)[nH]c2ccc(F)cc12)N[C@H]1CCS(=O)(=O)C1. The predicted molar refractivity (Wildman–Crippen MR) is 107 cm³/mol. The molecular formula is C21H20F2N2O3S. The van der Waals surface area contributed by atoms with E-state index in [-0.39, 0.29) is 41.5 Å². The number of carbonyl (C=O) groups is 1. The second-order valence-electron chi connectivity index (χ2n) is 7.34. The van der Waals surface area contributed by atoms with Crippen LogP contribution in [0.25, 0.3) is 22.2 Å². The first-order valence-corrected chi connectivity index (χ1v) is 11.2. The largest absolute Gasteiger partial charge is 0.354 e. The van der Waals surface area contributed by atoms with E-state index in [1.165, 1.54) is 24.3 Å². The van der Waals surface area contributed by atoms with Gasteiger partial charge in [-0.3, -0.25) is 4.79 Å². The molecule has 0 spiro atoms. The van der Waals surface area contributed by atoms with E-state index in [1.807, 2.05) is 0 Å².